The summed E-state index contributed by atoms with van der Waals surface area (Å²) in [5.41, 5.74) is 1.70. The minimum atomic E-state index is -0.105. The summed E-state index contributed by atoms with van der Waals surface area (Å²) < 4.78 is 0. The van der Waals surface area contributed by atoms with Crippen molar-refractivity contribution in [2.75, 3.05) is 18.0 Å². The third kappa shape index (κ3) is 4.49. The highest BCUT2D eigenvalue weighted by Crippen LogP contribution is 2.17. The van der Waals surface area contributed by atoms with E-state index >= 15 is 0 Å². The highest BCUT2D eigenvalue weighted by atomic mass is 32.1. The topological polar surface area (TPSA) is 71.0 Å². The molecule has 1 unspecified atom stereocenters. The van der Waals surface area contributed by atoms with Crippen molar-refractivity contribution in [1.29, 1.82) is 0 Å². The third-order valence-electron chi connectivity index (χ3n) is 4.57. The first-order chi connectivity index (χ1) is 13.3. The van der Waals surface area contributed by atoms with Crippen LogP contribution in [0.4, 0.5) is 5.95 Å². The van der Waals surface area contributed by atoms with Crippen molar-refractivity contribution in [3.63, 3.8) is 0 Å². The molecule has 3 heterocycles. The van der Waals surface area contributed by atoms with E-state index in [4.69, 9.17) is 0 Å². The molecule has 2 aromatic heterocycles. The molecule has 1 aliphatic rings. The summed E-state index contributed by atoms with van der Waals surface area (Å²) >= 11 is 1.53. The summed E-state index contributed by atoms with van der Waals surface area (Å²) in [4.78, 5) is 27.9. The first-order valence-corrected chi connectivity index (χ1v) is 9.97. The van der Waals surface area contributed by atoms with Gasteiger partial charge in [0.1, 0.15) is 5.69 Å². The molecule has 3 aromatic rings. The smallest absolute Gasteiger partial charge is 0.271 e. The average Bonchev–Trinajstić information content (AvgIpc) is 3.18. The van der Waals surface area contributed by atoms with Gasteiger partial charge in [-0.15, -0.1) is 11.3 Å². The molecular weight excluding hydrogens is 358 g/mol. The fraction of sp³-hybridized carbons (Fsp3) is 0.300. The Bertz CT molecular complexity index is 884. The van der Waals surface area contributed by atoms with E-state index in [1.807, 2.05) is 29.6 Å². The van der Waals surface area contributed by atoms with Gasteiger partial charge in [0.2, 0.25) is 5.95 Å². The lowest BCUT2D eigenvalue weighted by atomic mass is 10.1. The fourth-order valence-electron chi connectivity index (χ4n) is 3.26. The lowest BCUT2D eigenvalue weighted by Gasteiger charge is -2.32. The normalized spacial score (nSPS) is 16.9. The maximum atomic E-state index is 12.6. The number of piperidine rings is 1. The molecule has 1 amide bonds. The number of carbonyl (C=O) groups excluding carboxylic acids is 1. The predicted octanol–water partition coefficient (Wildman–Crippen LogP) is 2.92. The molecule has 0 radical (unpaired) electrons. The van der Waals surface area contributed by atoms with Crippen LogP contribution in [-0.2, 0) is 6.42 Å². The predicted molar refractivity (Wildman–Crippen MR) is 106 cm³/mol. The van der Waals surface area contributed by atoms with E-state index in [9.17, 15) is 4.79 Å². The lowest BCUT2D eigenvalue weighted by Crippen LogP contribution is -2.48. The maximum Gasteiger partial charge on any atom is 0.271 e. The monoisotopic (exact) mass is 379 g/mol. The zero-order chi connectivity index (χ0) is 18.5. The van der Waals surface area contributed by atoms with Crippen LogP contribution in [0.15, 0.2) is 54.2 Å². The number of anilines is 1. The number of benzene rings is 1. The summed E-state index contributed by atoms with van der Waals surface area (Å²) in [7, 11) is 0. The first kappa shape index (κ1) is 17.6. The van der Waals surface area contributed by atoms with Crippen molar-refractivity contribution >= 4 is 23.2 Å². The van der Waals surface area contributed by atoms with E-state index in [0.717, 1.165) is 43.3 Å². The molecule has 1 aliphatic heterocycles. The molecule has 0 bridgehead atoms. The van der Waals surface area contributed by atoms with Crippen LogP contribution >= 0.6 is 11.3 Å². The molecule has 6 nitrogen and oxygen atoms in total. The molecular formula is C20H21N5OS. The number of rotatable bonds is 5. The van der Waals surface area contributed by atoms with E-state index in [0.29, 0.717) is 5.69 Å². The van der Waals surface area contributed by atoms with Gasteiger partial charge in [-0.1, -0.05) is 30.3 Å². The first-order valence-electron chi connectivity index (χ1n) is 9.09. The molecule has 0 aliphatic carbocycles. The Morgan fingerprint density at radius 3 is 2.81 bits per heavy atom. The second-order valence-electron chi connectivity index (χ2n) is 6.60. The number of nitrogens with zero attached hydrogens (tertiary/aromatic N) is 4. The Kier molecular flexibility index (Phi) is 5.39. The number of thiazole rings is 1. The Morgan fingerprint density at radius 2 is 2.00 bits per heavy atom. The van der Waals surface area contributed by atoms with Gasteiger partial charge in [-0.25, -0.2) is 15.0 Å². The maximum absolute atomic E-state index is 12.6. The zero-order valence-corrected chi connectivity index (χ0v) is 15.7. The van der Waals surface area contributed by atoms with E-state index in [-0.39, 0.29) is 11.9 Å². The van der Waals surface area contributed by atoms with Crippen LogP contribution in [0.25, 0.3) is 0 Å². The second-order valence-corrected chi connectivity index (χ2v) is 7.54. The molecule has 4 rings (SSSR count). The molecule has 1 fully saturated rings. The van der Waals surface area contributed by atoms with Crippen molar-refractivity contribution in [2.45, 2.75) is 25.3 Å². The summed E-state index contributed by atoms with van der Waals surface area (Å²) in [5.74, 6) is 0.613. The fourth-order valence-corrected chi connectivity index (χ4v) is 4.07. The summed E-state index contributed by atoms with van der Waals surface area (Å²) in [6.45, 7) is 1.63. The van der Waals surface area contributed by atoms with Crippen molar-refractivity contribution in [1.82, 2.24) is 20.3 Å². The summed E-state index contributed by atoms with van der Waals surface area (Å²) in [6.07, 6.45) is 6.19. The van der Waals surface area contributed by atoms with Gasteiger partial charge in [0.05, 0.1) is 5.01 Å². The molecule has 1 N–H and O–H groups in total. The van der Waals surface area contributed by atoms with E-state index in [1.54, 1.807) is 12.4 Å². The Labute approximate surface area is 162 Å². The van der Waals surface area contributed by atoms with Gasteiger partial charge in [0.15, 0.2) is 0 Å². The molecule has 0 saturated carbocycles. The third-order valence-corrected chi connectivity index (χ3v) is 5.42. The van der Waals surface area contributed by atoms with Crippen LogP contribution in [0.2, 0.25) is 0 Å². The second kappa shape index (κ2) is 8.26. The zero-order valence-electron chi connectivity index (χ0n) is 14.9. The van der Waals surface area contributed by atoms with Crippen LogP contribution in [0, 0.1) is 0 Å². The SMILES string of the molecule is O=C(NC1CCCN(c2ncccn2)C1)c1csc(Cc2ccccc2)n1. The number of hydrogen-bond donors (Lipinski definition) is 1. The van der Waals surface area contributed by atoms with E-state index in [1.165, 1.54) is 16.9 Å². The number of carbonyl (C=O) groups is 1. The van der Waals surface area contributed by atoms with Crippen molar-refractivity contribution in [3.05, 3.63) is 70.4 Å². The van der Waals surface area contributed by atoms with Gasteiger partial charge in [-0.2, -0.15) is 0 Å². The van der Waals surface area contributed by atoms with E-state index in [2.05, 4.69) is 37.3 Å². The van der Waals surface area contributed by atoms with Gasteiger partial charge in [0.25, 0.3) is 5.91 Å². The Hall–Kier alpha value is -2.80. The van der Waals surface area contributed by atoms with Crippen LogP contribution in [0.5, 0.6) is 0 Å². The number of amides is 1. The molecule has 1 aromatic carbocycles. The summed E-state index contributed by atoms with van der Waals surface area (Å²) in [6, 6.07) is 12.1. The largest absolute Gasteiger partial charge is 0.346 e. The highest BCUT2D eigenvalue weighted by molar-refractivity contribution is 7.09. The highest BCUT2D eigenvalue weighted by Gasteiger charge is 2.24. The molecule has 1 atom stereocenters. The quantitative estimate of drug-likeness (QED) is 0.738. The van der Waals surface area contributed by atoms with Crippen LogP contribution in [0.3, 0.4) is 0 Å². The Morgan fingerprint density at radius 1 is 1.19 bits per heavy atom. The average molecular weight is 379 g/mol. The molecule has 1 saturated heterocycles. The van der Waals surface area contributed by atoms with Crippen LogP contribution < -0.4 is 10.2 Å². The molecule has 0 spiro atoms. The van der Waals surface area contributed by atoms with Gasteiger partial charge in [-0.3, -0.25) is 4.79 Å². The van der Waals surface area contributed by atoms with Crippen molar-refractivity contribution < 1.29 is 4.79 Å². The van der Waals surface area contributed by atoms with Crippen LogP contribution in [0.1, 0.15) is 33.9 Å². The lowest BCUT2D eigenvalue weighted by molar-refractivity contribution is 0.0928. The van der Waals surface area contributed by atoms with Gasteiger partial charge in [0, 0.05) is 43.3 Å². The summed E-state index contributed by atoms with van der Waals surface area (Å²) in [5, 5.41) is 5.91. The number of aromatic nitrogens is 3. The van der Waals surface area contributed by atoms with Gasteiger partial charge < -0.3 is 10.2 Å². The number of nitrogens with one attached hydrogen (secondary N) is 1. The molecule has 138 valence electrons. The molecule has 27 heavy (non-hydrogen) atoms. The Balaban J connectivity index is 1.36. The minimum Gasteiger partial charge on any atom is -0.346 e. The van der Waals surface area contributed by atoms with Gasteiger partial charge in [-0.05, 0) is 24.5 Å². The van der Waals surface area contributed by atoms with Crippen LogP contribution in [-0.4, -0.2) is 40.0 Å². The minimum absolute atomic E-state index is 0.0781. The van der Waals surface area contributed by atoms with Gasteiger partial charge >= 0.3 is 0 Å². The van der Waals surface area contributed by atoms with Crippen molar-refractivity contribution in [2.24, 2.45) is 0 Å². The van der Waals surface area contributed by atoms with E-state index < -0.39 is 0 Å². The van der Waals surface area contributed by atoms with Crippen molar-refractivity contribution in [3.8, 4) is 0 Å². The number of hydrogen-bond acceptors (Lipinski definition) is 6. The standard InChI is InChI=1S/C20H21N5OS/c26-19(17-14-27-18(24-17)12-15-6-2-1-3-7-15)23-16-8-4-11-25(13-16)20-21-9-5-10-22-20/h1-3,5-7,9-10,14,16H,4,8,11-13H2,(H,23,26). The molecule has 7 heteroatoms.